The third-order valence-electron chi connectivity index (χ3n) is 3.18. The first kappa shape index (κ1) is 19.9. The van der Waals surface area contributed by atoms with Crippen LogP contribution in [0.15, 0.2) is 50.7 Å². The van der Waals surface area contributed by atoms with Crippen LogP contribution < -0.4 is 0 Å². The summed E-state index contributed by atoms with van der Waals surface area (Å²) in [6.07, 6.45) is -4.50. The molecule has 3 aromatic rings. The molecule has 0 bridgehead atoms. The van der Waals surface area contributed by atoms with E-state index < -0.39 is 23.0 Å². The molecule has 0 fully saturated rings. The number of alkyl halides is 6. The van der Waals surface area contributed by atoms with Crippen LogP contribution in [-0.2, 0) is 11.6 Å². The normalized spacial score (nSPS) is 12.4. The summed E-state index contributed by atoms with van der Waals surface area (Å²) in [6.45, 7) is 0. The Balaban J connectivity index is 1.85. The van der Waals surface area contributed by atoms with Gasteiger partial charge in [0.1, 0.15) is 0 Å². The van der Waals surface area contributed by atoms with Gasteiger partial charge in [0.2, 0.25) is 5.82 Å². The number of halogens is 7. The molecular formula is C16H6Cl2F5N2OS. The standard InChI is InChI=1S/C16H6Cl2F5N2OS/c17-11-7-9(16(21,22)23)4-5-12(11)27-10-3-1-2-8(6-10)13-24-14(26-25-13)15(18,19)20/h1-2,4-7H. The Morgan fingerprint density at radius 2 is 1.81 bits per heavy atom. The first-order valence-electron chi connectivity index (χ1n) is 7.01. The quantitative estimate of drug-likeness (QED) is 0.337. The van der Waals surface area contributed by atoms with Crippen molar-refractivity contribution in [2.45, 2.75) is 21.3 Å². The van der Waals surface area contributed by atoms with Crippen LogP contribution in [0.25, 0.3) is 11.4 Å². The van der Waals surface area contributed by atoms with Gasteiger partial charge in [-0.1, -0.05) is 40.7 Å². The first-order valence-corrected chi connectivity index (χ1v) is 8.59. The highest BCUT2D eigenvalue weighted by molar-refractivity contribution is 7.99. The van der Waals surface area contributed by atoms with Crippen LogP contribution in [0.3, 0.4) is 0 Å². The average Bonchev–Trinajstić information content (AvgIpc) is 3.06. The molecule has 0 atom stereocenters. The molecule has 0 N–H and O–H groups in total. The summed E-state index contributed by atoms with van der Waals surface area (Å²) in [4.78, 5) is 4.34. The van der Waals surface area contributed by atoms with E-state index in [1.807, 2.05) is 0 Å². The molecule has 3 nitrogen and oxygen atoms in total. The second kappa shape index (κ2) is 7.29. The molecule has 0 saturated heterocycles. The summed E-state index contributed by atoms with van der Waals surface area (Å²) in [7, 11) is 0. The molecule has 11 heteroatoms. The van der Waals surface area contributed by atoms with Gasteiger partial charge in [0.25, 0.3) is 0 Å². The minimum atomic E-state index is -4.50. The van der Waals surface area contributed by atoms with Gasteiger partial charge in [-0.15, -0.1) is 0 Å². The molecule has 141 valence electrons. The van der Waals surface area contributed by atoms with Gasteiger partial charge in [-0.2, -0.15) is 26.9 Å². The number of hydrogen-bond donors (Lipinski definition) is 0. The van der Waals surface area contributed by atoms with E-state index in [1.165, 1.54) is 24.3 Å². The molecule has 0 aliphatic carbocycles. The van der Waals surface area contributed by atoms with Crippen LogP contribution in [-0.4, -0.2) is 10.1 Å². The van der Waals surface area contributed by atoms with Crippen LogP contribution >= 0.6 is 35.0 Å². The van der Waals surface area contributed by atoms with Crippen molar-refractivity contribution in [2.24, 2.45) is 0 Å². The van der Waals surface area contributed by atoms with E-state index in [4.69, 9.17) is 23.2 Å². The number of hydrogen-bond acceptors (Lipinski definition) is 4. The molecule has 1 radical (unpaired) electrons. The molecule has 0 unspecified atom stereocenters. The van der Waals surface area contributed by atoms with Crippen LogP contribution in [0.4, 0.5) is 22.0 Å². The minimum absolute atomic E-state index is 0.0859. The Morgan fingerprint density at radius 3 is 2.41 bits per heavy atom. The second-order valence-corrected chi connectivity index (χ2v) is 7.07. The Labute approximate surface area is 163 Å². The van der Waals surface area contributed by atoms with Crippen LogP contribution in [0.1, 0.15) is 11.5 Å². The fraction of sp³-hybridized carbons (Fsp3) is 0.125. The van der Waals surface area contributed by atoms with Gasteiger partial charge in [0.15, 0.2) is 0 Å². The third-order valence-corrected chi connectivity index (χ3v) is 4.80. The van der Waals surface area contributed by atoms with Crippen molar-refractivity contribution < 1.29 is 26.5 Å². The molecule has 0 saturated carbocycles. The lowest BCUT2D eigenvalue weighted by molar-refractivity contribution is -0.137. The van der Waals surface area contributed by atoms with Gasteiger partial charge >= 0.3 is 17.4 Å². The highest BCUT2D eigenvalue weighted by Crippen LogP contribution is 2.39. The maximum atomic E-state index is 13.0. The molecule has 1 aromatic heterocycles. The maximum absolute atomic E-state index is 13.0. The molecule has 3 rings (SSSR count). The van der Waals surface area contributed by atoms with Crippen LogP contribution in [0.2, 0.25) is 5.02 Å². The smallest absolute Gasteiger partial charge is 0.331 e. The number of benzene rings is 2. The van der Waals surface area contributed by atoms with E-state index >= 15 is 0 Å². The fourth-order valence-electron chi connectivity index (χ4n) is 1.98. The fourth-order valence-corrected chi connectivity index (χ4v) is 3.19. The van der Waals surface area contributed by atoms with E-state index in [1.54, 1.807) is 0 Å². The van der Waals surface area contributed by atoms with Gasteiger partial charge in [-0.3, -0.25) is 0 Å². The Hall–Kier alpha value is -1.84. The molecule has 2 aromatic carbocycles. The topological polar surface area (TPSA) is 38.9 Å². The lowest BCUT2D eigenvalue weighted by Crippen LogP contribution is -2.04. The lowest BCUT2D eigenvalue weighted by Gasteiger charge is -2.10. The zero-order chi connectivity index (χ0) is 19.8. The summed E-state index contributed by atoms with van der Waals surface area (Å²) < 4.78 is 68.5. The van der Waals surface area contributed by atoms with E-state index in [-0.39, 0.29) is 10.8 Å². The predicted molar refractivity (Wildman–Crippen MR) is 88.9 cm³/mol. The Bertz CT molecular complexity index is 972. The van der Waals surface area contributed by atoms with Gasteiger partial charge in [0.05, 0.1) is 10.6 Å². The van der Waals surface area contributed by atoms with Gasteiger partial charge < -0.3 is 4.52 Å². The molecule has 0 amide bonds. The number of aromatic nitrogens is 2. The summed E-state index contributed by atoms with van der Waals surface area (Å²) in [5, 5.41) is -0.448. The molecule has 27 heavy (non-hydrogen) atoms. The second-order valence-electron chi connectivity index (χ2n) is 5.11. The largest absolute Gasteiger partial charge is 0.416 e. The molecule has 0 spiro atoms. The number of nitrogens with zero attached hydrogens (tertiary/aromatic N) is 2. The monoisotopic (exact) mass is 439 g/mol. The summed E-state index contributed by atoms with van der Waals surface area (Å²) >= 11 is 11.8. The molecule has 0 aliphatic heterocycles. The highest BCUT2D eigenvalue weighted by Gasteiger charge is 2.35. The average molecular weight is 440 g/mol. The molecule has 0 aliphatic rings. The van der Waals surface area contributed by atoms with Crippen molar-refractivity contribution in [1.29, 1.82) is 0 Å². The number of rotatable bonds is 4. The zero-order valence-electron chi connectivity index (χ0n) is 12.8. The van der Waals surface area contributed by atoms with E-state index in [2.05, 4.69) is 20.7 Å². The minimum Gasteiger partial charge on any atom is -0.331 e. The van der Waals surface area contributed by atoms with Crippen molar-refractivity contribution in [3.63, 3.8) is 0 Å². The first-order chi connectivity index (χ1) is 12.5. The van der Waals surface area contributed by atoms with Gasteiger partial charge in [-0.25, -0.2) is 0 Å². The van der Waals surface area contributed by atoms with E-state index in [0.717, 1.165) is 23.9 Å². The molecular weight excluding hydrogens is 434 g/mol. The molecule has 1 heterocycles. The van der Waals surface area contributed by atoms with Crippen LogP contribution in [0, 0.1) is 6.07 Å². The van der Waals surface area contributed by atoms with Crippen molar-refractivity contribution in [2.75, 3.05) is 0 Å². The van der Waals surface area contributed by atoms with Crippen molar-refractivity contribution in [1.82, 2.24) is 10.1 Å². The van der Waals surface area contributed by atoms with Crippen molar-refractivity contribution in [3.05, 3.63) is 58.9 Å². The zero-order valence-corrected chi connectivity index (χ0v) is 15.1. The summed E-state index contributed by atoms with van der Waals surface area (Å²) in [5.41, 5.74) is -0.536. The Morgan fingerprint density at radius 1 is 1.07 bits per heavy atom. The van der Waals surface area contributed by atoms with E-state index in [9.17, 15) is 22.0 Å². The van der Waals surface area contributed by atoms with Gasteiger partial charge in [-0.05, 0) is 41.9 Å². The van der Waals surface area contributed by atoms with Gasteiger partial charge in [0, 0.05) is 15.4 Å². The van der Waals surface area contributed by atoms with E-state index in [0.29, 0.717) is 15.4 Å². The van der Waals surface area contributed by atoms with Crippen molar-refractivity contribution in [3.8, 4) is 11.4 Å². The van der Waals surface area contributed by atoms with Crippen LogP contribution in [0.5, 0.6) is 0 Å². The maximum Gasteiger partial charge on any atom is 0.416 e. The SMILES string of the molecule is FC(F)(F)c1ccc(Sc2[c]ccc(-c3noc(C(F)(F)Cl)n3)c2)c(Cl)c1. The van der Waals surface area contributed by atoms with Crippen molar-refractivity contribution >= 4 is 35.0 Å². The summed E-state index contributed by atoms with van der Waals surface area (Å²) in [5.74, 6) is -1.17. The predicted octanol–water partition coefficient (Wildman–Crippen LogP) is 6.65. The Kier molecular flexibility index (Phi) is 5.38. The third kappa shape index (κ3) is 4.72. The summed E-state index contributed by atoms with van der Waals surface area (Å²) in [6, 6.07) is 10.3. The lowest BCUT2D eigenvalue weighted by atomic mass is 10.2. The highest BCUT2D eigenvalue weighted by atomic mass is 35.5.